The molecule has 0 fully saturated rings. The van der Waals surface area contributed by atoms with Crippen molar-refractivity contribution in [3.8, 4) is 11.5 Å². The van der Waals surface area contributed by atoms with Gasteiger partial charge in [0.25, 0.3) is 0 Å². The lowest BCUT2D eigenvalue weighted by atomic mass is 10.2. The normalized spacial score (nSPS) is 12.7. The molecule has 1 aromatic rings. The highest BCUT2D eigenvalue weighted by molar-refractivity contribution is 7.89. The highest BCUT2D eigenvalue weighted by atomic mass is 32.2. The number of hydrogen-bond donors (Lipinski definition) is 3. The number of hydrogen-bond acceptors (Lipinski definition) is 6. The molecule has 0 unspecified atom stereocenters. The summed E-state index contributed by atoms with van der Waals surface area (Å²) in [5.74, 6) is -0.953. The highest BCUT2D eigenvalue weighted by Gasteiger charge is 2.27. The molecule has 0 aliphatic carbocycles. The van der Waals surface area contributed by atoms with E-state index in [4.69, 9.17) is 19.7 Å². The number of carboxylic acid groups (broad SMARTS) is 1. The van der Waals surface area contributed by atoms with Crippen LogP contribution in [0.4, 0.5) is 0 Å². The molecule has 0 bridgehead atoms. The van der Waals surface area contributed by atoms with Gasteiger partial charge in [-0.05, 0) is 18.6 Å². The Balaban J connectivity index is 3.15. The zero-order chi connectivity index (χ0) is 16.0. The molecule has 0 aromatic heterocycles. The molecule has 1 aromatic carbocycles. The van der Waals surface area contributed by atoms with E-state index < -0.39 is 28.6 Å². The third-order valence-corrected chi connectivity index (χ3v) is 4.18. The number of aliphatic hydroxyl groups is 1. The Morgan fingerprint density at radius 2 is 2.00 bits per heavy atom. The first kappa shape index (κ1) is 17.2. The summed E-state index contributed by atoms with van der Waals surface area (Å²) in [6.45, 7) is -0.459. The molecule has 0 spiro atoms. The fraction of sp³-hybridized carbons (Fsp3) is 0.417. The van der Waals surface area contributed by atoms with E-state index in [1.165, 1.54) is 32.4 Å². The SMILES string of the molecule is COc1ccc(S(=O)(=O)N[C@H](CCO)C(=O)O)c(OC)c1. The maximum atomic E-state index is 12.2. The van der Waals surface area contributed by atoms with Crippen LogP contribution in [0.1, 0.15) is 6.42 Å². The van der Waals surface area contributed by atoms with Crippen molar-refractivity contribution < 1.29 is 32.9 Å². The van der Waals surface area contributed by atoms with Crippen LogP contribution in [0.5, 0.6) is 11.5 Å². The third kappa shape index (κ3) is 4.31. The van der Waals surface area contributed by atoms with Crippen molar-refractivity contribution in [1.29, 1.82) is 0 Å². The van der Waals surface area contributed by atoms with Gasteiger partial charge >= 0.3 is 5.97 Å². The molecule has 0 amide bonds. The smallest absolute Gasteiger partial charge is 0.321 e. The van der Waals surface area contributed by atoms with Gasteiger partial charge in [0.05, 0.1) is 14.2 Å². The number of aliphatic carboxylic acids is 1. The quantitative estimate of drug-likeness (QED) is 0.607. The molecule has 0 aliphatic heterocycles. The summed E-state index contributed by atoms with van der Waals surface area (Å²) in [5, 5.41) is 17.7. The van der Waals surface area contributed by atoms with E-state index in [2.05, 4.69) is 0 Å². The van der Waals surface area contributed by atoms with Gasteiger partial charge in [-0.1, -0.05) is 0 Å². The Morgan fingerprint density at radius 3 is 2.48 bits per heavy atom. The molecular formula is C12H17NO7S. The number of aliphatic hydroxyl groups excluding tert-OH is 1. The number of rotatable bonds is 8. The van der Waals surface area contributed by atoms with Crippen LogP contribution in [-0.2, 0) is 14.8 Å². The second kappa shape index (κ2) is 7.25. The molecule has 0 saturated carbocycles. The minimum Gasteiger partial charge on any atom is -0.497 e. The summed E-state index contributed by atoms with van der Waals surface area (Å²) in [6.07, 6.45) is -0.243. The van der Waals surface area contributed by atoms with E-state index >= 15 is 0 Å². The second-order valence-electron chi connectivity index (χ2n) is 4.04. The van der Waals surface area contributed by atoms with Gasteiger partial charge in [0.2, 0.25) is 10.0 Å². The minimum atomic E-state index is -4.12. The zero-order valence-corrected chi connectivity index (χ0v) is 12.4. The van der Waals surface area contributed by atoms with Crippen molar-refractivity contribution in [3.05, 3.63) is 18.2 Å². The van der Waals surface area contributed by atoms with Crippen LogP contribution < -0.4 is 14.2 Å². The predicted octanol–water partition coefficient (Wildman–Crippen LogP) is -0.182. The number of carbonyl (C=O) groups is 1. The number of nitrogens with one attached hydrogen (secondary N) is 1. The van der Waals surface area contributed by atoms with Crippen LogP contribution in [0.25, 0.3) is 0 Å². The van der Waals surface area contributed by atoms with E-state index in [1.807, 2.05) is 4.72 Å². The van der Waals surface area contributed by atoms with Gasteiger partial charge in [-0.2, -0.15) is 4.72 Å². The van der Waals surface area contributed by atoms with Gasteiger partial charge < -0.3 is 19.7 Å². The van der Waals surface area contributed by atoms with Crippen LogP contribution in [-0.4, -0.2) is 51.5 Å². The Morgan fingerprint density at radius 1 is 1.33 bits per heavy atom. The molecule has 21 heavy (non-hydrogen) atoms. The molecule has 9 heteroatoms. The lowest BCUT2D eigenvalue weighted by molar-refractivity contribution is -0.139. The van der Waals surface area contributed by atoms with E-state index in [0.717, 1.165) is 0 Å². The van der Waals surface area contributed by atoms with Crippen LogP contribution in [0, 0.1) is 0 Å². The average molecular weight is 319 g/mol. The van der Waals surface area contributed by atoms with Crippen molar-refractivity contribution in [2.24, 2.45) is 0 Å². The highest BCUT2D eigenvalue weighted by Crippen LogP contribution is 2.28. The first-order valence-corrected chi connectivity index (χ1v) is 7.42. The molecule has 0 saturated heterocycles. The zero-order valence-electron chi connectivity index (χ0n) is 11.6. The summed E-state index contributed by atoms with van der Waals surface area (Å²) < 4.78 is 36.4. The summed E-state index contributed by atoms with van der Waals surface area (Å²) in [7, 11) is -1.41. The van der Waals surface area contributed by atoms with Crippen molar-refractivity contribution in [2.45, 2.75) is 17.4 Å². The lowest BCUT2D eigenvalue weighted by Gasteiger charge is -2.16. The Labute approximate surface area is 122 Å². The minimum absolute atomic E-state index is 0.0231. The molecule has 3 N–H and O–H groups in total. The molecule has 0 aliphatic rings. The van der Waals surface area contributed by atoms with Gasteiger partial charge in [0.15, 0.2) is 0 Å². The van der Waals surface area contributed by atoms with E-state index in [1.54, 1.807) is 0 Å². The number of sulfonamides is 1. The van der Waals surface area contributed by atoms with E-state index in [-0.39, 0.29) is 17.1 Å². The van der Waals surface area contributed by atoms with Crippen LogP contribution >= 0.6 is 0 Å². The Kier molecular flexibility index (Phi) is 5.94. The molecule has 0 radical (unpaired) electrons. The Bertz CT molecular complexity index is 600. The summed E-state index contributed by atoms with van der Waals surface area (Å²) >= 11 is 0. The first-order valence-electron chi connectivity index (χ1n) is 5.93. The fourth-order valence-corrected chi connectivity index (χ4v) is 2.98. The molecular weight excluding hydrogens is 302 g/mol. The standard InChI is InChI=1S/C12H17NO7S/c1-19-8-3-4-11(10(7-8)20-2)21(17,18)13-9(5-6-14)12(15)16/h3-4,7,9,13-14H,5-6H2,1-2H3,(H,15,16)/t9-/m1/s1. The maximum Gasteiger partial charge on any atom is 0.321 e. The van der Waals surface area contributed by atoms with E-state index in [0.29, 0.717) is 5.75 Å². The Hall–Kier alpha value is -1.84. The number of benzene rings is 1. The summed E-state index contributed by atoms with van der Waals surface area (Å²) in [5.41, 5.74) is 0. The molecule has 118 valence electrons. The van der Waals surface area contributed by atoms with Gasteiger partial charge in [0, 0.05) is 12.7 Å². The lowest BCUT2D eigenvalue weighted by Crippen LogP contribution is -2.41. The first-order chi connectivity index (χ1) is 9.85. The number of ether oxygens (including phenoxy) is 2. The second-order valence-corrected chi connectivity index (χ2v) is 5.72. The number of methoxy groups -OCH3 is 2. The van der Waals surface area contributed by atoms with Gasteiger partial charge in [-0.15, -0.1) is 0 Å². The molecule has 1 atom stereocenters. The maximum absolute atomic E-state index is 12.2. The van der Waals surface area contributed by atoms with Crippen LogP contribution in [0.15, 0.2) is 23.1 Å². The van der Waals surface area contributed by atoms with Crippen molar-refractivity contribution in [2.75, 3.05) is 20.8 Å². The van der Waals surface area contributed by atoms with Crippen molar-refractivity contribution >= 4 is 16.0 Å². The van der Waals surface area contributed by atoms with Crippen molar-refractivity contribution in [1.82, 2.24) is 4.72 Å². The van der Waals surface area contributed by atoms with Gasteiger partial charge in [-0.25, -0.2) is 8.42 Å². The topological polar surface area (TPSA) is 122 Å². The monoisotopic (exact) mass is 319 g/mol. The van der Waals surface area contributed by atoms with Gasteiger partial charge in [0.1, 0.15) is 22.4 Å². The molecule has 1 rings (SSSR count). The average Bonchev–Trinajstić information content (AvgIpc) is 2.45. The molecule has 0 heterocycles. The summed E-state index contributed by atoms with van der Waals surface area (Å²) in [4.78, 5) is 10.8. The summed E-state index contributed by atoms with van der Waals surface area (Å²) in [6, 6.07) is 2.61. The predicted molar refractivity (Wildman–Crippen MR) is 73.0 cm³/mol. The molecule has 8 nitrogen and oxygen atoms in total. The largest absolute Gasteiger partial charge is 0.497 e. The van der Waals surface area contributed by atoms with E-state index in [9.17, 15) is 13.2 Å². The van der Waals surface area contributed by atoms with Crippen LogP contribution in [0.3, 0.4) is 0 Å². The number of carboxylic acids is 1. The van der Waals surface area contributed by atoms with Gasteiger partial charge in [-0.3, -0.25) is 4.79 Å². The fourth-order valence-electron chi connectivity index (χ4n) is 1.61. The van der Waals surface area contributed by atoms with Crippen LogP contribution in [0.2, 0.25) is 0 Å². The third-order valence-electron chi connectivity index (χ3n) is 2.67. The van der Waals surface area contributed by atoms with Crippen molar-refractivity contribution in [3.63, 3.8) is 0 Å².